The third-order valence-electron chi connectivity index (χ3n) is 3.90. The van der Waals surface area contributed by atoms with Crippen molar-refractivity contribution < 1.29 is 0 Å². The molecule has 0 aromatic heterocycles. The van der Waals surface area contributed by atoms with Crippen LogP contribution in [0, 0.1) is 11.8 Å². The van der Waals surface area contributed by atoms with Crippen LogP contribution in [0.2, 0.25) is 0 Å². The van der Waals surface area contributed by atoms with Crippen molar-refractivity contribution in [2.24, 2.45) is 0 Å². The van der Waals surface area contributed by atoms with Gasteiger partial charge in [0.15, 0.2) is 0 Å². The first-order valence-corrected chi connectivity index (χ1v) is 8.53. The second-order valence-corrected chi connectivity index (χ2v) is 5.71. The maximum absolute atomic E-state index is 3.47. The van der Waals surface area contributed by atoms with Gasteiger partial charge in [-0.2, -0.15) is 0 Å². The Morgan fingerprint density at radius 2 is 1.59 bits per heavy atom. The molecule has 0 radical (unpaired) electrons. The van der Waals surface area contributed by atoms with Gasteiger partial charge in [-0.15, -0.1) is 0 Å². The van der Waals surface area contributed by atoms with Gasteiger partial charge in [0.2, 0.25) is 0 Å². The molecule has 0 amide bonds. The largest absolute Gasteiger partial charge is 0.0979 e. The molecule has 0 nitrogen and oxygen atoms in total. The topological polar surface area (TPSA) is 0 Å². The summed E-state index contributed by atoms with van der Waals surface area (Å²) >= 11 is 0. The van der Waals surface area contributed by atoms with E-state index in [-0.39, 0.29) is 0 Å². The number of benzene rings is 2. The summed E-state index contributed by atoms with van der Waals surface area (Å²) in [5, 5.41) is 0. The van der Waals surface area contributed by atoms with Crippen molar-refractivity contribution in [3.8, 4) is 23.0 Å². The maximum atomic E-state index is 3.47. The minimum absolute atomic E-state index is 0.993. The van der Waals surface area contributed by atoms with Crippen LogP contribution in [0.25, 0.3) is 11.1 Å². The lowest BCUT2D eigenvalue weighted by molar-refractivity contribution is 0.794. The van der Waals surface area contributed by atoms with E-state index in [0.717, 1.165) is 12.8 Å². The number of unbranched alkanes of at least 4 members (excludes halogenated alkanes) is 3. The molecule has 0 aliphatic rings. The Balaban J connectivity index is 2.40. The van der Waals surface area contributed by atoms with Crippen molar-refractivity contribution in [2.45, 2.75) is 52.4 Å². The summed E-state index contributed by atoms with van der Waals surface area (Å²) < 4.78 is 0. The second-order valence-electron chi connectivity index (χ2n) is 5.71. The van der Waals surface area contributed by atoms with Crippen molar-refractivity contribution in [1.82, 2.24) is 0 Å². The van der Waals surface area contributed by atoms with Gasteiger partial charge in [-0.1, -0.05) is 87.1 Å². The van der Waals surface area contributed by atoms with Crippen molar-refractivity contribution in [2.75, 3.05) is 0 Å². The number of hydrogen-bond acceptors (Lipinski definition) is 0. The fourth-order valence-electron chi connectivity index (χ4n) is 2.60. The molecule has 0 heteroatoms. The number of hydrogen-bond donors (Lipinski definition) is 0. The lowest BCUT2D eigenvalue weighted by Crippen LogP contribution is -1.94. The molecule has 0 spiro atoms. The Bertz CT molecular complexity index is 626. The number of rotatable bonds is 6. The molecule has 0 heterocycles. The van der Waals surface area contributed by atoms with Crippen molar-refractivity contribution in [1.29, 1.82) is 0 Å². The maximum Gasteiger partial charge on any atom is 0.0355 e. The van der Waals surface area contributed by atoms with Gasteiger partial charge in [0.25, 0.3) is 0 Å². The molecule has 0 fully saturated rings. The third kappa shape index (κ3) is 4.50. The highest BCUT2D eigenvalue weighted by atomic mass is 14.1. The summed E-state index contributed by atoms with van der Waals surface area (Å²) in [6.45, 7) is 4.46. The molecule has 0 bridgehead atoms. The first-order chi connectivity index (χ1) is 10.9. The van der Waals surface area contributed by atoms with E-state index in [1.807, 2.05) is 0 Å². The van der Waals surface area contributed by atoms with Crippen LogP contribution in [0.15, 0.2) is 48.5 Å². The van der Waals surface area contributed by atoms with Gasteiger partial charge in [0.05, 0.1) is 0 Å². The van der Waals surface area contributed by atoms with Gasteiger partial charge in [0, 0.05) is 12.0 Å². The van der Waals surface area contributed by atoms with Crippen LogP contribution in [0.5, 0.6) is 0 Å². The standard InChI is InChI=1S/C22H26/c1-3-5-7-11-17-21-19(13-6-4-2)16-12-18-22(21)20-14-9-8-10-15-20/h8-10,12,14-16,18H,3-7,13H2,1-2H3. The van der Waals surface area contributed by atoms with Crippen LogP contribution in [0.1, 0.15) is 57.1 Å². The zero-order valence-corrected chi connectivity index (χ0v) is 13.9. The predicted octanol–water partition coefficient (Wildman–Crippen LogP) is 6.24. The molecule has 0 aliphatic heterocycles. The zero-order chi connectivity index (χ0) is 15.6. The Kier molecular flexibility index (Phi) is 6.78. The average Bonchev–Trinajstić information content (AvgIpc) is 2.58. The van der Waals surface area contributed by atoms with E-state index in [2.05, 4.69) is 74.2 Å². The first kappa shape index (κ1) is 16.4. The summed E-state index contributed by atoms with van der Waals surface area (Å²) in [5.74, 6) is 6.85. The molecule has 0 aliphatic carbocycles. The Morgan fingerprint density at radius 1 is 0.818 bits per heavy atom. The van der Waals surface area contributed by atoms with Crippen LogP contribution in [0.3, 0.4) is 0 Å². The highest BCUT2D eigenvalue weighted by Gasteiger charge is 2.07. The second kappa shape index (κ2) is 9.11. The van der Waals surface area contributed by atoms with Gasteiger partial charge >= 0.3 is 0 Å². The van der Waals surface area contributed by atoms with Crippen molar-refractivity contribution >= 4 is 0 Å². The molecule has 22 heavy (non-hydrogen) atoms. The van der Waals surface area contributed by atoms with Gasteiger partial charge in [-0.3, -0.25) is 0 Å². The van der Waals surface area contributed by atoms with Gasteiger partial charge < -0.3 is 0 Å². The molecule has 0 atom stereocenters. The summed E-state index contributed by atoms with van der Waals surface area (Å²) in [6.07, 6.45) is 6.95. The number of aryl methyl sites for hydroxylation is 1. The summed E-state index contributed by atoms with van der Waals surface area (Å²) in [7, 11) is 0. The van der Waals surface area contributed by atoms with E-state index in [9.17, 15) is 0 Å². The molecular weight excluding hydrogens is 264 g/mol. The lowest BCUT2D eigenvalue weighted by Gasteiger charge is -2.10. The van der Waals surface area contributed by atoms with E-state index >= 15 is 0 Å². The highest BCUT2D eigenvalue weighted by Crippen LogP contribution is 2.26. The Morgan fingerprint density at radius 3 is 2.32 bits per heavy atom. The summed E-state index contributed by atoms with van der Waals surface area (Å²) in [4.78, 5) is 0. The molecule has 114 valence electrons. The Hall–Kier alpha value is -2.00. The van der Waals surface area contributed by atoms with Gasteiger partial charge in [0.1, 0.15) is 0 Å². The minimum atomic E-state index is 0.993. The van der Waals surface area contributed by atoms with Crippen molar-refractivity contribution in [3.63, 3.8) is 0 Å². The fraction of sp³-hybridized carbons (Fsp3) is 0.364. The first-order valence-electron chi connectivity index (χ1n) is 8.53. The highest BCUT2D eigenvalue weighted by molar-refractivity contribution is 5.72. The van der Waals surface area contributed by atoms with Crippen LogP contribution in [0.4, 0.5) is 0 Å². The average molecular weight is 290 g/mol. The molecule has 0 unspecified atom stereocenters. The molecule has 0 saturated heterocycles. The van der Waals surface area contributed by atoms with Crippen LogP contribution < -0.4 is 0 Å². The predicted molar refractivity (Wildman–Crippen MR) is 96.9 cm³/mol. The Labute approximate surface area is 135 Å². The lowest BCUT2D eigenvalue weighted by atomic mass is 9.93. The van der Waals surface area contributed by atoms with Crippen LogP contribution in [-0.4, -0.2) is 0 Å². The monoisotopic (exact) mass is 290 g/mol. The molecule has 0 N–H and O–H groups in total. The van der Waals surface area contributed by atoms with Crippen LogP contribution in [-0.2, 0) is 6.42 Å². The van der Waals surface area contributed by atoms with E-state index in [0.29, 0.717) is 0 Å². The molecule has 2 aromatic rings. The van der Waals surface area contributed by atoms with E-state index in [1.165, 1.54) is 47.9 Å². The smallest absolute Gasteiger partial charge is 0.0355 e. The molecule has 2 rings (SSSR count). The normalized spacial score (nSPS) is 10.1. The molecule has 0 saturated carbocycles. The van der Waals surface area contributed by atoms with Gasteiger partial charge in [-0.25, -0.2) is 0 Å². The van der Waals surface area contributed by atoms with E-state index in [4.69, 9.17) is 0 Å². The fourth-order valence-corrected chi connectivity index (χ4v) is 2.60. The van der Waals surface area contributed by atoms with Gasteiger partial charge in [-0.05, 0) is 36.0 Å². The third-order valence-corrected chi connectivity index (χ3v) is 3.90. The van der Waals surface area contributed by atoms with Crippen LogP contribution >= 0.6 is 0 Å². The SMILES string of the molecule is CCCCC#Cc1c(CCCC)cccc1-c1ccccc1. The quantitative estimate of drug-likeness (QED) is 0.436. The zero-order valence-electron chi connectivity index (χ0n) is 13.9. The molecular formula is C22H26. The summed E-state index contributed by atoms with van der Waals surface area (Å²) in [6, 6.07) is 17.2. The molecule has 2 aromatic carbocycles. The summed E-state index contributed by atoms with van der Waals surface area (Å²) in [5.41, 5.74) is 5.17. The van der Waals surface area contributed by atoms with E-state index < -0.39 is 0 Å². The van der Waals surface area contributed by atoms with Crippen molar-refractivity contribution in [3.05, 3.63) is 59.7 Å². The van der Waals surface area contributed by atoms with E-state index in [1.54, 1.807) is 0 Å². The minimum Gasteiger partial charge on any atom is -0.0979 e.